The number of aliphatic imine (C=N–C) groups is 1. The molecule has 1 fully saturated rings. The number of aromatic nitrogens is 2. The number of hydrogen-bond donors (Lipinski definition) is 1. The molecular formula is C26H26ClFN6O2. The molecule has 186 valence electrons. The number of nitrogens with zero attached hydrogens (tertiary/aromatic N) is 5. The average Bonchev–Trinajstić information content (AvgIpc) is 3.52. The lowest BCUT2D eigenvalue weighted by Gasteiger charge is -2.28. The van der Waals surface area contributed by atoms with Gasteiger partial charge in [0.2, 0.25) is 5.91 Å². The van der Waals surface area contributed by atoms with Gasteiger partial charge in [-0.05, 0) is 41.7 Å². The number of amidine groups is 1. The highest BCUT2D eigenvalue weighted by Crippen LogP contribution is 2.29. The molecule has 3 aromatic rings. The normalized spacial score (nSPS) is 18.4. The molecule has 0 saturated carbocycles. The number of hydrogen-bond acceptors (Lipinski definition) is 4. The zero-order chi connectivity index (χ0) is 25.1. The lowest BCUT2D eigenvalue weighted by molar-refractivity contribution is -0.130. The lowest BCUT2D eigenvalue weighted by Crippen LogP contribution is -2.37. The summed E-state index contributed by atoms with van der Waals surface area (Å²) in [7, 11) is 0. The molecule has 1 atom stereocenters. The summed E-state index contributed by atoms with van der Waals surface area (Å²) in [5.41, 5.74) is 2.93. The third-order valence-corrected chi connectivity index (χ3v) is 6.88. The smallest absolute Gasteiger partial charge is 0.323 e. The molecule has 0 bridgehead atoms. The zero-order valence-corrected chi connectivity index (χ0v) is 20.4. The van der Waals surface area contributed by atoms with E-state index in [-0.39, 0.29) is 23.5 Å². The molecule has 1 unspecified atom stereocenters. The average molecular weight is 509 g/mol. The molecular weight excluding hydrogens is 483 g/mol. The van der Waals surface area contributed by atoms with Crippen LogP contribution in [-0.4, -0.2) is 56.8 Å². The van der Waals surface area contributed by atoms with Crippen molar-refractivity contribution >= 4 is 29.4 Å². The van der Waals surface area contributed by atoms with Crippen molar-refractivity contribution in [2.24, 2.45) is 4.99 Å². The Morgan fingerprint density at radius 1 is 1.19 bits per heavy atom. The number of benzene rings is 2. The van der Waals surface area contributed by atoms with Crippen molar-refractivity contribution in [3.05, 3.63) is 88.7 Å². The van der Waals surface area contributed by atoms with Crippen molar-refractivity contribution in [3.63, 3.8) is 0 Å². The van der Waals surface area contributed by atoms with Crippen molar-refractivity contribution in [2.75, 3.05) is 19.6 Å². The van der Waals surface area contributed by atoms with Crippen LogP contribution in [0.1, 0.15) is 29.2 Å². The molecule has 8 nitrogen and oxygen atoms in total. The van der Waals surface area contributed by atoms with Gasteiger partial charge < -0.3 is 14.4 Å². The third kappa shape index (κ3) is 5.11. The number of nitrogens with one attached hydrogen (secondary N) is 1. The Kier molecular flexibility index (Phi) is 6.99. The maximum Gasteiger partial charge on any atom is 0.323 e. The quantitative estimate of drug-likeness (QED) is 0.527. The summed E-state index contributed by atoms with van der Waals surface area (Å²) < 4.78 is 16.3. The molecule has 10 heteroatoms. The van der Waals surface area contributed by atoms with Crippen LogP contribution in [0, 0.1) is 5.82 Å². The minimum atomic E-state index is -0.637. The summed E-state index contributed by atoms with van der Waals surface area (Å²) in [6.07, 6.45) is 6.73. The van der Waals surface area contributed by atoms with Crippen LogP contribution in [0.15, 0.2) is 66.2 Å². The highest BCUT2D eigenvalue weighted by molar-refractivity contribution is 6.30. The Morgan fingerprint density at radius 3 is 2.81 bits per heavy atom. The number of rotatable bonds is 7. The molecule has 0 radical (unpaired) electrons. The van der Waals surface area contributed by atoms with Gasteiger partial charge in [0.15, 0.2) is 0 Å². The van der Waals surface area contributed by atoms with E-state index in [1.165, 1.54) is 17.7 Å². The van der Waals surface area contributed by atoms with E-state index in [4.69, 9.17) is 11.6 Å². The van der Waals surface area contributed by atoms with Crippen LogP contribution in [0.5, 0.6) is 0 Å². The van der Waals surface area contributed by atoms with Gasteiger partial charge in [-0.3, -0.25) is 15.1 Å². The van der Waals surface area contributed by atoms with Crippen LogP contribution in [0.25, 0.3) is 0 Å². The van der Waals surface area contributed by atoms with E-state index >= 15 is 0 Å². The summed E-state index contributed by atoms with van der Waals surface area (Å²) in [6.45, 7) is 2.15. The van der Waals surface area contributed by atoms with E-state index in [9.17, 15) is 14.0 Å². The van der Waals surface area contributed by atoms with Crippen LogP contribution in [0.3, 0.4) is 0 Å². The predicted octanol–water partition coefficient (Wildman–Crippen LogP) is 3.82. The van der Waals surface area contributed by atoms with Crippen LogP contribution in [0.4, 0.5) is 9.18 Å². The fourth-order valence-electron chi connectivity index (χ4n) is 4.70. The Bertz CT molecular complexity index is 1300. The van der Waals surface area contributed by atoms with E-state index in [1.54, 1.807) is 28.4 Å². The fourth-order valence-corrected chi connectivity index (χ4v) is 4.81. The first-order valence-electron chi connectivity index (χ1n) is 11.9. The molecule has 2 aliphatic rings. The third-order valence-electron chi connectivity index (χ3n) is 6.57. The first kappa shape index (κ1) is 24.0. The second-order valence-electron chi connectivity index (χ2n) is 8.89. The van der Waals surface area contributed by atoms with Gasteiger partial charge in [0.05, 0.1) is 11.3 Å². The summed E-state index contributed by atoms with van der Waals surface area (Å²) in [5.74, 6) is -0.366. The number of imidazole rings is 1. The van der Waals surface area contributed by atoms with Crippen LogP contribution in [0.2, 0.25) is 5.02 Å². The van der Waals surface area contributed by atoms with Crippen molar-refractivity contribution in [1.82, 2.24) is 24.7 Å². The van der Waals surface area contributed by atoms with Crippen molar-refractivity contribution in [3.8, 4) is 0 Å². The molecule has 3 amide bonds. The molecule has 1 saturated heterocycles. The van der Waals surface area contributed by atoms with Gasteiger partial charge in [-0.25, -0.2) is 14.2 Å². The SMILES string of the molecule is O=C(CN=C1NC(=O)N(CCCn2ccnc2)C1c1ccc(Cl)c(F)c1)N1CCc2ccccc2C1. The van der Waals surface area contributed by atoms with Crippen LogP contribution >= 0.6 is 11.6 Å². The Balaban J connectivity index is 1.33. The van der Waals surface area contributed by atoms with Crippen molar-refractivity contribution < 1.29 is 14.0 Å². The number of amides is 3. The number of fused-ring (bicyclic) bond motifs is 1. The van der Waals surface area contributed by atoms with E-state index in [1.807, 2.05) is 29.0 Å². The lowest BCUT2D eigenvalue weighted by atomic mass is 10.00. The Labute approximate surface area is 213 Å². The van der Waals surface area contributed by atoms with E-state index in [0.29, 0.717) is 44.0 Å². The molecule has 0 aliphatic carbocycles. The van der Waals surface area contributed by atoms with Crippen LogP contribution in [-0.2, 0) is 24.3 Å². The van der Waals surface area contributed by atoms with Crippen LogP contribution < -0.4 is 5.32 Å². The minimum absolute atomic E-state index is 0.00161. The van der Waals surface area contributed by atoms with Gasteiger partial charge in [-0.2, -0.15) is 0 Å². The second kappa shape index (κ2) is 10.5. The van der Waals surface area contributed by atoms with Gasteiger partial charge in [-0.1, -0.05) is 41.9 Å². The van der Waals surface area contributed by atoms with E-state index in [2.05, 4.69) is 21.4 Å². The summed E-state index contributed by atoms with van der Waals surface area (Å²) in [5, 5.41) is 2.80. The number of halogens is 2. The minimum Gasteiger partial charge on any atom is -0.337 e. The molecule has 36 heavy (non-hydrogen) atoms. The molecule has 1 aromatic heterocycles. The number of urea groups is 1. The van der Waals surface area contributed by atoms with E-state index < -0.39 is 11.9 Å². The van der Waals surface area contributed by atoms with Gasteiger partial charge >= 0.3 is 6.03 Å². The molecule has 1 N–H and O–H groups in total. The first-order chi connectivity index (χ1) is 17.5. The molecule has 3 heterocycles. The van der Waals surface area contributed by atoms with Gasteiger partial charge in [0.25, 0.3) is 0 Å². The maximum atomic E-state index is 14.3. The standard InChI is InChI=1S/C26H26ClFN6O2/c27-21-7-6-19(14-22(21)28)24-25(31-26(36)34(24)11-3-10-32-13-9-29-17-32)30-15-23(35)33-12-8-18-4-1-2-5-20(18)16-33/h1-2,4-7,9,13-14,17,24H,3,8,10-12,15-16H2,(H,30,31,36). The van der Waals surface area contributed by atoms with Gasteiger partial charge in [0, 0.05) is 38.6 Å². The summed E-state index contributed by atoms with van der Waals surface area (Å²) >= 11 is 5.89. The number of carbonyl (C=O) groups excluding carboxylic acids is 2. The van der Waals surface area contributed by atoms with E-state index in [0.717, 1.165) is 12.0 Å². The van der Waals surface area contributed by atoms with Crippen molar-refractivity contribution in [1.29, 1.82) is 0 Å². The Hall–Kier alpha value is -3.72. The number of carbonyl (C=O) groups is 2. The van der Waals surface area contributed by atoms with Gasteiger partial charge in [0.1, 0.15) is 24.2 Å². The fraction of sp³-hybridized carbons (Fsp3) is 0.308. The highest BCUT2D eigenvalue weighted by Gasteiger charge is 2.38. The molecule has 0 spiro atoms. The first-order valence-corrected chi connectivity index (χ1v) is 12.2. The largest absolute Gasteiger partial charge is 0.337 e. The zero-order valence-electron chi connectivity index (χ0n) is 19.6. The number of aryl methyl sites for hydroxylation is 1. The second-order valence-corrected chi connectivity index (χ2v) is 9.30. The topological polar surface area (TPSA) is 82.8 Å². The van der Waals surface area contributed by atoms with Crippen molar-refractivity contribution in [2.45, 2.75) is 32.0 Å². The maximum absolute atomic E-state index is 14.3. The Morgan fingerprint density at radius 2 is 2.03 bits per heavy atom. The monoisotopic (exact) mass is 508 g/mol. The predicted molar refractivity (Wildman–Crippen MR) is 134 cm³/mol. The highest BCUT2D eigenvalue weighted by atomic mass is 35.5. The molecule has 5 rings (SSSR count). The summed E-state index contributed by atoms with van der Waals surface area (Å²) in [4.78, 5) is 37.8. The summed E-state index contributed by atoms with van der Waals surface area (Å²) in [6, 6.07) is 11.6. The van der Waals surface area contributed by atoms with Gasteiger partial charge in [-0.15, -0.1) is 0 Å². The molecule has 2 aromatic carbocycles. The molecule has 2 aliphatic heterocycles.